The van der Waals surface area contributed by atoms with Crippen LogP contribution in [0.1, 0.15) is 42.1 Å². The predicted octanol–water partition coefficient (Wildman–Crippen LogP) is 2.50. The van der Waals surface area contributed by atoms with Crippen LogP contribution in [0.2, 0.25) is 0 Å². The number of nitrogens with one attached hydrogen (secondary N) is 1. The molecule has 1 aromatic rings. The van der Waals surface area contributed by atoms with Crippen molar-refractivity contribution in [3.05, 3.63) is 35.4 Å². The largest absolute Gasteiger partial charge is 0.382 e. The fourth-order valence-corrected chi connectivity index (χ4v) is 1.75. The van der Waals surface area contributed by atoms with E-state index >= 15 is 0 Å². The van der Waals surface area contributed by atoms with Gasteiger partial charge in [0.2, 0.25) is 5.91 Å². The van der Waals surface area contributed by atoms with Gasteiger partial charge in [0.05, 0.1) is 0 Å². The summed E-state index contributed by atoms with van der Waals surface area (Å²) in [5.74, 6) is -0.0728. The zero-order chi connectivity index (χ0) is 14.8. The van der Waals surface area contributed by atoms with Gasteiger partial charge in [-0.05, 0) is 20.3 Å². The van der Waals surface area contributed by atoms with Crippen LogP contribution in [0.3, 0.4) is 0 Å². The molecule has 0 saturated heterocycles. The topological polar surface area (TPSA) is 55.4 Å². The fraction of sp³-hybridized carbons (Fsp3) is 0.500. The summed E-state index contributed by atoms with van der Waals surface area (Å²) in [6.07, 6.45) is 1.28. The van der Waals surface area contributed by atoms with Gasteiger partial charge in [-0.3, -0.25) is 9.59 Å². The maximum Gasteiger partial charge on any atom is 0.220 e. The van der Waals surface area contributed by atoms with Crippen molar-refractivity contribution in [2.24, 2.45) is 0 Å². The zero-order valence-electron chi connectivity index (χ0n) is 12.3. The molecule has 4 nitrogen and oxygen atoms in total. The minimum absolute atomic E-state index is 0.00877. The molecule has 1 N–H and O–H groups in total. The number of carbonyl (C=O) groups excluding carboxylic acids is 2. The van der Waals surface area contributed by atoms with Crippen LogP contribution in [-0.4, -0.2) is 31.4 Å². The fourth-order valence-electron chi connectivity index (χ4n) is 1.75. The highest BCUT2D eigenvalue weighted by Gasteiger charge is 2.08. The highest BCUT2D eigenvalue weighted by atomic mass is 16.5. The Morgan fingerprint density at radius 3 is 2.50 bits per heavy atom. The summed E-state index contributed by atoms with van der Waals surface area (Å²) in [7, 11) is 0. The lowest BCUT2D eigenvalue weighted by Gasteiger charge is -2.05. The summed E-state index contributed by atoms with van der Waals surface area (Å²) in [6, 6.07) is 7.41. The Morgan fingerprint density at radius 1 is 1.15 bits per heavy atom. The van der Waals surface area contributed by atoms with Gasteiger partial charge in [-0.1, -0.05) is 29.8 Å². The van der Waals surface area contributed by atoms with Crippen molar-refractivity contribution in [3.63, 3.8) is 0 Å². The molecular weight excluding hydrogens is 254 g/mol. The smallest absolute Gasteiger partial charge is 0.220 e. The van der Waals surface area contributed by atoms with Gasteiger partial charge < -0.3 is 10.1 Å². The van der Waals surface area contributed by atoms with Gasteiger partial charge in [-0.2, -0.15) is 0 Å². The molecule has 0 aliphatic rings. The van der Waals surface area contributed by atoms with E-state index < -0.39 is 0 Å². The molecule has 0 fully saturated rings. The van der Waals surface area contributed by atoms with Crippen molar-refractivity contribution < 1.29 is 14.3 Å². The number of rotatable bonds is 9. The molecule has 0 saturated carbocycles. The molecule has 0 aromatic heterocycles. The number of ether oxygens (including phenoxy) is 1. The average Bonchev–Trinajstić information content (AvgIpc) is 2.45. The standard InChI is InChI=1S/C16H23NO3/c1-3-20-12-4-11-17-16(19)10-9-15(18)14-7-5-13(2)6-8-14/h5-8H,3-4,9-12H2,1-2H3,(H,17,19). The normalized spacial score (nSPS) is 10.3. The molecule has 0 aliphatic carbocycles. The van der Waals surface area contributed by atoms with E-state index in [1.807, 2.05) is 26.0 Å². The molecule has 4 heteroatoms. The van der Waals surface area contributed by atoms with Crippen LogP contribution in [0.4, 0.5) is 0 Å². The zero-order valence-corrected chi connectivity index (χ0v) is 12.3. The van der Waals surface area contributed by atoms with Gasteiger partial charge in [0.1, 0.15) is 0 Å². The Hall–Kier alpha value is -1.68. The number of amides is 1. The summed E-state index contributed by atoms with van der Waals surface area (Å²) in [6.45, 7) is 5.86. The molecule has 0 atom stereocenters. The third kappa shape index (κ3) is 6.48. The third-order valence-electron chi connectivity index (χ3n) is 2.94. The minimum atomic E-state index is -0.0815. The van der Waals surface area contributed by atoms with Crippen molar-refractivity contribution in [1.29, 1.82) is 0 Å². The molecule has 1 rings (SSSR count). The lowest BCUT2D eigenvalue weighted by atomic mass is 10.1. The number of Topliss-reactive ketones (excluding diaryl/α,β-unsaturated/α-hetero) is 1. The molecule has 0 spiro atoms. The Morgan fingerprint density at radius 2 is 1.85 bits per heavy atom. The quantitative estimate of drug-likeness (QED) is 0.557. The van der Waals surface area contributed by atoms with E-state index in [0.29, 0.717) is 25.3 Å². The van der Waals surface area contributed by atoms with Gasteiger partial charge in [-0.25, -0.2) is 0 Å². The Labute approximate surface area is 120 Å². The third-order valence-corrected chi connectivity index (χ3v) is 2.94. The molecule has 20 heavy (non-hydrogen) atoms. The van der Waals surface area contributed by atoms with E-state index in [1.165, 1.54) is 0 Å². The molecule has 110 valence electrons. The van der Waals surface area contributed by atoms with Crippen LogP contribution >= 0.6 is 0 Å². The SMILES string of the molecule is CCOCCCNC(=O)CCC(=O)c1ccc(C)cc1. The molecule has 0 radical (unpaired) electrons. The highest BCUT2D eigenvalue weighted by Crippen LogP contribution is 2.07. The Balaban J connectivity index is 2.20. The molecule has 1 amide bonds. The van der Waals surface area contributed by atoms with Crippen molar-refractivity contribution in [1.82, 2.24) is 5.32 Å². The van der Waals surface area contributed by atoms with E-state index in [-0.39, 0.29) is 24.5 Å². The van der Waals surface area contributed by atoms with E-state index in [9.17, 15) is 9.59 Å². The number of benzene rings is 1. The van der Waals surface area contributed by atoms with Gasteiger partial charge in [-0.15, -0.1) is 0 Å². The van der Waals surface area contributed by atoms with Crippen molar-refractivity contribution in [2.45, 2.75) is 33.1 Å². The Kier molecular flexibility index (Phi) is 7.58. The van der Waals surface area contributed by atoms with Crippen molar-refractivity contribution in [3.8, 4) is 0 Å². The summed E-state index contributed by atoms with van der Waals surface area (Å²) >= 11 is 0. The van der Waals surface area contributed by atoms with Crippen LogP contribution in [0.5, 0.6) is 0 Å². The number of hydrogen-bond donors (Lipinski definition) is 1. The second-order valence-electron chi connectivity index (χ2n) is 4.69. The van der Waals surface area contributed by atoms with Crippen molar-refractivity contribution >= 4 is 11.7 Å². The lowest BCUT2D eigenvalue weighted by Crippen LogP contribution is -2.25. The first-order valence-electron chi connectivity index (χ1n) is 7.07. The lowest BCUT2D eigenvalue weighted by molar-refractivity contribution is -0.121. The minimum Gasteiger partial charge on any atom is -0.382 e. The van der Waals surface area contributed by atoms with E-state index in [0.717, 1.165) is 12.0 Å². The molecule has 1 aromatic carbocycles. The van der Waals surface area contributed by atoms with Gasteiger partial charge in [0.15, 0.2) is 5.78 Å². The van der Waals surface area contributed by atoms with Crippen LogP contribution in [-0.2, 0) is 9.53 Å². The first-order valence-corrected chi connectivity index (χ1v) is 7.07. The molecular formula is C16H23NO3. The number of carbonyl (C=O) groups is 2. The average molecular weight is 277 g/mol. The number of ketones is 1. The van der Waals surface area contributed by atoms with Crippen LogP contribution < -0.4 is 5.32 Å². The van der Waals surface area contributed by atoms with E-state index in [4.69, 9.17) is 4.74 Å². The summed E-state index contributed by atoms with van der Waals surface area (Å²) in [5.41, 5.74) is 1.79. The predicted molar refractivity (Wildman–Crippen MR) is 78.9 cm³/mol. The summed E-state index contributed by atoms with van der Waals surface area (Å²) in [4.78, 5) is 23.4. The van der Waals surface area contributed by atoms with Gasteiger partial charge in [0.25, 0.3) is 0 Å². The highest BCUT2D eigenvalue weighted by molar-refractivity contribution is 5.97. The second-order valence-corrected chi connectivity index (χ2v) is 4.69. The first-order chi connectivity index (χ1) is 9.63. The van der Waals surface area contributed by atoms with Crippen molar-refractivity contribution in [2.75, 3.05) is 19.8 Å². The monoisotopic (exact) mass is 277 g/mol. The van der Waals surface area contributed by atoms with Gasteiger partial charge >= 0.3 is 0 Å². The summed E-state index contributed by atoms with van der Waals surface area (Å²) < 4.78 is 5.18. The molecule has 0 aliphatic heterocycles. The van der Waals surface area contributed by atoms with Crippen LogP contribution in [0.15, 0.2) is 24.3 Å². The van der Waals surface area contributed by atoms with Gasteiger partial charge in [0, 0.05) is 38.2 Å². The van der Waals surface area contributed by atoms with E-state index in [1.54, 1.807) is 12.1 Å². The number of aryl methyl sites for hydroxylation is 1. The first kappa shape index (κ1) is 16.4. The maximum absolute atomic E-state index is 11.9. The Bertz CT molecular complexity index is 426. The second kappa shape index (κ2) is 9.26. The molecule has 0 unspecified atom stereocenters. The maximum atomic E-state index is 11.9. The molecule has 0 heterocycles. The van der Waals surface area contributed by atoms with Crippen LogP contribution in [0, 0.1) is 6.92 Å². The number of hydrogen-bond acceptors (Lipinski definition) is 3. The summed E-state index contributed by atoms with van der Waals surface area (Å²) in [5, 5.41) is 2.79. The van der Waals surface area contributed by atoms with E-state index in [2.05, 4.69) is 5.32 Å². The van der Waals surface area contributed by atoms with Crippen LogP contribution in [0.25, 0.3) is 0 Å². The molecule has 0 bridgehead atoms.